The molecule has 0 saturated heterocycles. The van der Waals surface area contributed by atoms with E-state index in [1.165, 1.54) is 0 Å². The maximum atomic E-state index is 14.8. The number of carbonyl (C=O) groups excluding carboxylic acids is 2. The molecular formula is C31H31O5P. The lowest BCUT2D eigenvalue weighted by molar-refractivity contribution is -0.154. The van der Waals surface area contributed by atoms with Crippen molar-refractivity contribution in [1.29, 1.82) is 0 Å². The van der Waals surface area contributed by atoms with Gasteiger partial charge in [-0.15, -0.1) is 0 Å². The fourth-order valence-electron chi connectivity index (χ4n) is 4.03. The normalized spacial score (nSPS) is 11.8. The van der Waals surface area contributed by atoms with Gasteiger partial charge in [-0.2, -0.15) is 0 Å². The number of hydrogen-bond donors (Lipinski definition) is 0. The summed E-state index contributed by atoms with van der Waals surface area (Å²) in [5.41, 5.74) is -0.822. The number of fused-ring (bicyclic) bond motifs is 1. The fourth-order valence-corrected chi connectivity index (χ4v) is 6.53. The van der Waals surface area contributed by atoms with Gasteiger partial charge in [0.25, 0.3) is 0 Å². The zero-order chi connectivity index (χ0) is 26.5. The lowest BCUT2D eigenvalue weighted by Gasteiger charge is -2.22. The average Bonchev–Trinajstić information content (AvgIpc) is 2.95. The Hall–Kier alpha value is -3.69. The second kappa shape index (κ2) is 11.1. The number of hydrogen-bond acceptors (Lipinski definition) is 5. The molecule has 4 aromatic carbocycles. The Morgan fingerprint density at radius 2 is 1.32 bits per heavy atom. The molecule has 0 aliphatic rings. The van der Waals surface area contributed by atoms with Crippen molar-refractivity contribution in [3.05, 3.63) is 103 Å². The molecule has 0 fully saturated rings. The smallest absolute Gasteiger partial charge is 0.311 e. The third kappa shape index (κ3) is 5.38. The van der Waals surface area contributed by atoms with Crippen LogP contribution in [0.25, 0.3) is 10.8 Å². The molecule has 4 rings (SSSR count). The summed E-state index contributed by atoms with van der Waals surface area (Å²) in [6, 6.07) is 28.8. The summed E-state index contributed by atoms with van der Waals surface area (Å²) in [7, 11) is -3.75. The predicted molar refractivity (Wildman–Crippen MR) is 149 cm³/mol. The van der Waals surface area contributed by atoms with Gasteiger partial charge >= 0.3 is 5.97 Å². The molecule has 0 bridgehead atoms. The Kier molecular flexibility index (Phi) is 7.94. The average molecular weight is 515 g/mol. The first-order chi connectivity index (χ1) is 17.8. The zero-order valence-corrected chi connectivity index (χ0v) is 22.2. The van der Waals surface area contributed by atoms with E-state index in [2.05, 4.69) is 0 Å². The molecule has 5 nitrogen and oxygen atoms in total. The fraction of sp³-hybridized carbons (Fsp3) is 0.226. The highest BCUT2D eigenvalue weighted by Crippen LogP contribution is 2.49. The third-order valence-electron chi connectivity index (χ3n) is 6.64. The molecule has 190 valence electrons. The number of rotatable bonds is 10. The summed E-state index contributed by atoms with van der Waals surface area (Å²) in [6.45, 7) is 5.70. The standard InChI is InChI=1S/C31H31O5P/c1-4-31(2,3)30(33)36-22-21-35-27-20-19-23-13-11-12-18-26(23)28(27)29(32)37(34,24-14-7-5-8-15-24)25-16-9-6-10-17-25/h5-20H,4,21-22H2,1-3H3. The van der Waals surface area contributed by atoms with Crippen molar-refractivity contribution >= 4 is 40.0 Å². The quantitative estimate of drug-likeness (QED) is 0.140. The number of benzene rings is 4. The molecule has 0 saturated carbocycles. The summed E-state index contributed by atoms with van der Waals surface area (Å²) in [5.74, 6) is 0.00709. The van der Waals surface area contributed by atoms with Crippen molar-refractivity contribution in [1.82, 2.24) is 0 Å². The van der Waals surface area contributed by atoms with Crippen LogP contribution >= 0.6 is 7.14 Å². The Labute approximate surface area is 217 Å². The van der Waals surface area contributed by atoms with Gasteiger partial charge in [-0.05, 0) is 37.1 Å². The van der Waals surface area contributed by atoms with Crippen LogP contribution in [0.4, 0.5) is 0 Å². The molecule has 0 atom stereocenters. The first kappa shape index (κ1) is 26.4. The van der Waals surface area contributed by atoms with E-state index in [0.717, 1.165) is 5.39 Å². The summed E-state index contributed by atoms with van der Waals surface area (Å²) in [5, 5.41) is 2.41. The summed E-state index contributed by atoms with van der Waals surface area (Å²) in [4.78, 5) is 26.7. The molecule has 0 unspecified atom stereocenters. The zero-order valence-electron chi connectivity index (χ0n) is 21.3. The van der Waals surface area contributed by atoms with Crippen molar-refractivity contribution in [2.45, 2.75) is 27.2 Å². The van der Waals surface area contributed by atoms with Crippen LogP contribution < -0.4 is 15.3 Å². The van der Waals surface area contributed by atoms with Crippen molar-refractivity contribution in [3.63, 3.8) is 0 Å². The van der Waals surface area contributed by atoms with Gasteiger partial charge in [0.1, 0.15) is 19.0 Å². The van der Waals surface area contributed by atoms with Crippen LogP contribution in [-0.2, 0) is 14.1 Å². The molecular weight excluding hydrogens is 483 g/mol. The van der Waals surface area contributed by atoms with E-state index in [1.807, 2.05) is 63.2 Å². The van der Waals surface area contributed by atoms with Crippen molar-refractivity contribution in [2.24, 2.45) is 5.41 Å². The first-order valence-corrected chi connectivity index (χ1v) is 14.1. The molecule has 4 aromatic rings. The maximum absolute atomic E-state index is 14.8. The van der Waals surface area contributed by atoms with Crippen molar-refractivity contribution in [2.75, 3.05) is 13.2 Å². The lowest BCUT2D eigenvalue weighted by atomic mass is 9.91. The highest BCUT2D eigenvalue weighted by Gasteiger charge is 2.39. The second-order valence-electron chi connectivity index (χ2n) is 9.47. The molecule has 0 aliphatic carbocycles. The van der Waals surface area contributed by atoms with Crippen LogP contribution in [0.15, 0.2) is 97.1 Å². The third-order valence-corrected chi connectivity index (χ3v) is 9.49. The first-order valence-electron chi connectivity index (χ1n) is 12.4. The lowest BCUT2D eigenvalue weighted by Crippen LogP contribution is -2.27. The van der Waals surface area contributed by atoms with Crippen LogP contribution in [0, 0.1) is 5.41 Å². The Morgan fingerprint density at radius 1 is 0.757 bits per heavy atom. The van der Waals surface area contributed by atoms with Crippen LogP contribution in [0.3, 0.4) is 0 Å². The van der Waals surface area contributed by atoms with Gasteiger partial charge in [0.05, 0.1) is 11.0 Å². The Balaban J connectivity index is 1.75. The van der Waals surface area contributed by atoms with Gasteiger partial charge < -0.3 is 14.0 Å². The van der Waals surface area contributed by atoms with Gasteiger partial charge in [0.15, 0.2) is 0 Å². The van der Waals surface area contributed by atoms with Gasteiger partial charge in [0, 0.05) is 10.6 Å². The largest absolute Gasteiger partial charge is 0.489 e. The predicted octanol–water partition coefficient (Wildman–Crippen LogP) is 6.35. The van der Waals surface area contributed by atoms with Gasteiger partial charge in [-0.25, -0.2) is 0 Å². The van der Waals surface area contributed by atoms with Gasteiger partial charge in [-0.3, -0.25) is 9.59 Å². The maximum Gasteiger partial charge on any atom is 0.311 e. The highest BCUT2D eigenvalue weighted by molar-refractivity contribution is 7.93. The van der Waals surface area contributed by atoms with Crippen LogP contribution in [0.2, 0.25) is 0 Å². The molecule has 0 N–H and O–H groups in total. The minimum absolute atomic E-state index is 0.0394. The molecule has 0 amide bonds. The number of ether oxygens (including phenoxy) is 2. The van der Waals surface area contributed by atoms with E-state index >= 15 is 0 Å². The van der Waals surface area contributed by atoms with E-state index in [4.69, 9.17) is 9.47 Å². The van der Waals surface area contributed by atoms with Crippen LogP contribution in [-0.4, -0.2) is 24.7 Å². The van der Waals surface area contributed by atoms with Gasteiger partial charge in [0.2, 0.25) is 12.7 Å². The van der Waals surface area contributed by atoms with Crippen molar-refractivity contribution < 1.29 is 23.6 Å². The number of esters is 1. The Morgan fingerprint density at radius 3 is 1.92 bits per heavy atom. The minimum atomic E-state index is -3.75. The summed E-state index contributed by atoms with van der Waals surface area (Å²) < 4.78 is 26.2. The molecule has 0 aliphatic heterocycles. The van der Waals surface area contributed by atoms with E-state index in [0.29, 0.717) is 28.2 Å². The van der Waals surface area contributed by atoms with Gasteiger partial charge in [-0.1, -0.05) is 97.9 Å². The van der Waals surface area contributed by atoms with E-state index in [9.17, 15) is 14.2 Å². The molecule has 37 heavy (non-hydrogen) atoms. The monoisotopic (exact) mass is 514 g/mol. The minimum Gasteiger partial charge on any atom is -0.489 e. The molecule has 0 radical (unpaired) electrons. The van der Waals surface area contributed by atoms with Crippen LogP contribution in [0.1, 0.15) is 37.6 Å². The number of carbonyl (C=O) groups is 2. The highest BCUT2D eigenvalue weighted by atomic mass is 31.2. The summed E-state index contributed by atoms with van der Waals surface area (Å²) in [6.07, 6.45) is 0.657. The van der Waals surface area contributed by atoms with Crippen molar-refractivity contribution in [3.8, 4) is 5.75 Å². The summed E-state index contributed by atoms with van der Waals surface area (Å²) >= 11 is 0. The van der Waals surface area contributed by atoms with E-state index in [-0.39, 0.29) is 24.7 Å². The van der Waals surface area contributed by atoms with Crippen LogP contribution in [0.5, 0.6) is 5.75 Å². The molecule has 0 spiro atoms. The molecule has 6 heteroatoms. The van der Waals surface area contributed by atoms with E-state index in [1.54, 1.807) is 54.6 Å². The molecule has 0 heterocycles. The molecule has 0 aromatic heterocycles. The second-order valence-corrected chi connectivity index (χ2v) is 12.1. The SMILES string of the molecule is CCC(C)(C)C(=O)OCCOc1ccc2ccccc2c1C(=O)P(=O)(c1ccccc1)c1ccccc1. The topological polar surface area (TPSA) is 69.7 Å². The van der Waals surface area contributed by atoms with E-state index < -0.39 is 18.1 Å². The Bertz CT molecular complexity index is 1400.